The molecule has 0 radical (unpaired) electrons. The Hall–Kier alpha value is -2.58. The van der Waals surface area contributed by atoms with E-state index in [1.54, 1.807) is 6.20 Å². The first-order valence-electron chi connectivity index (χ1n) is 7.01. The molecular formula is C14H17N7O. The van der Waals surface area contributed by atoms with Gasteiger partial charge in [-0.3, -0.25) is 15.0 Å². The molecular weight excluding hydrogens is 282 g/mol. The Morgan fingerprint density at radius 1 is 1.32 bits per heavy atom. The van der Waals surface area contributed by atoms with Crippen LogP contribution in [0.2, 0.25) is 0 Å². The van der Waals surface area contributed by atoms with Gasteiger partial charge in [0.25, 0.3) is 0 Å². The van der Waals surface area contributed by atoms with Crippen molar-refractivity contribution < 1.29 is 4.79 Å². The highest BCUT2D eigenvalue weighted by Crippen LogP contribution is 2.23. The number of aldehydes is 1. The summed E-state index contributed by atoms with van der Waals surface area (Å²) in [5.74, 6) is 1.27. The van der Waals surface area contributed by atoms with E-state index in [1.165, 1.54) is 6.20 Å². The maximum Gasteiger partial charge on any atom is 0.234 e. The van der Waals surface area contributed by atoms with Gasteiger partial charge in [0.1, 0.15) is 17.8 Å². The third kappa shape index (κ3) is 2.87. The Kier molecular flexibility index (Phi) is 4.22. The molecule has 3 rings (SSSR count). The molecule has 1 aliphatic heterocycles. The number of pyridine rings is 1. The first kappa shape index (κ1) is 14.4. The minimum Gasteiger partial charge on any atom is -0.383 e. The van der Waals surface area contributed by atoms with Crippen LogP contribution >= 0.6 is 0 Å². The minimum atomic E-state index is -0.0508. The van der Waals surface area contributed by atoms with Crippen LogP contribution in [0.5, 0.6) is 0 Å². The molecule has 1 atom stereocenters. The van der Waals surface area contributed by atoms with Crippen LogP contribution in [-0.4, -0.2) is 47.0 Å². The molecule has 0 aliphatic carbocycles. The first-order chi connectivity index (χ1) is 10.8. The highest BCUT2D eigenvalue weighted by Gasteiger charge is 2.25. The molecule has 0 saturated carbocycles. The molecule has 1 aliphatic rings. The molecule has 22 heavy (non-hydrogen) atoms. The number of hydrogen-bond donors (Lipinski definition) is 3. The zero-order chi connectivity index (χ0) is 15.4. The summed E-state index contributed by atoms with van der Waals surface area (Å²) in [5.41, 5.74) is 6.09. The third-order valence-electron chi connectivity index (χ3n) is 3.40. The first-order valence-corrected chi connectivity index (χ1v) is 7.01. The Labute approximate surface area is 127 Å². The zero-order valence-electron chi connectivity index (χ0n) is 11.9. The van der Waals surface area contributed by atoms with Crippen molar-refractivity contribution in [1.29, 1.82) is 0 Å². The summed E-state index contributed by atoms with van der Waals surface area (Å²) in [6, 6.07) is 5.62. The fourth-order valence-electron chi connectivity index (χ4n) is 2.32. The van der Waals surface area contributed by atoms with Crippen LogP contribution in [0.3, 0.4) is 0 Å². The number of nitrogens with two attached hydrogens (primary N) is 1. The number of hydrogen-bond acceptors (Lipinski definition) is 8. The Morgan fingerprint density at radius 2 is 2.23 bits per heavy atom. The lowest BCUT2D eigenvalue weighted by Gasteiger charge is -2.34. The van der Waals surface area contributed by atoms with Crippen molar-refractivity contribution in [3.8, 4) is 0 Å². The average Bonchev–Trinajstić information content (AvgIpc) is 2.57. The number of nitrogen functional groups attached to an aromatic ring is 1. The molecule has 114 valence electrons. The quantitative estimate of drug-likeness (QED) is 0.673. The second-order valence-corrected chi connectivity index (χ2v) is 4.86. The van der Waals surface area contributed by atoms with E-state index >= 15 is 0 Å². The van der Waals surface area contributed by atoms with E-state index in [-0.39, 0.29) is 17.5 Å². The molecule has 0 spiro atoms. The van der Waals surface area contributed by atoms with Gasteiger partial charge in [0, 0.05) is 32.0 Å². The number of rotatable bonds is 4. The summed E-state index contributed by atoms with van der Waals surface area (Å²) >= 11 is 0. The van der Waals surface area contributed by atoms with Crippen molar-refractivity contribution in [2.24, 2.45) is 0 Å². The lowest BCUT2D eigenvalue weighted by molar-refractivity contribution is 0.112. The van der Waals surface area contributed by atoms with Crippen LogP contribution in [0.1, 0.15) is 10.4 Å². The van der Waals surface area contributed by atoms with Crippen LogP contribution in [0.15, 0.2) is 30.6 Å². The molecule has 2 aromatic rings. The van der Waals surface area contributed by atoms with E-state index < -0.39 is 0 Å². The molecule has 1 fully saturated rings. The molecule has 0 aromatic carbocycles. The predicted octanol–water partition coefficient (Wildman–Crippen LogP) is -0.0767. The molecule has 1 unspecified atom stereocenters. The maximum absolute atomic E-state index is 10.9. The van der Waals surface area contributed by atoms with E-state index in [4.69, 9.17) is 5.73 Å². The van der Waals surface area contributed by atoms with Crippen molar-refractivity contribution in [3.63, 3.8) is 0 Å². The lowest BCUT2D eigenvalue weighted by Crippen LogP contribution is -2.56. The number of nitrogens with one attached hydrogen (secondary N) is 2. The Morgan fingerprint density at radius 3 is 2.86 bits per heavy atom. The van der Waals surface area contributed by atoms with E-state index in [0.29, 0.717) is 18.1 Å². The number of nitrogens with zero attached hydrogens (tertiary/aromatic N) is 4. The van der Waals surface area contributed by atoms with Gasteiger partial charge in [-0.15, -0.1) is 0 Å². The molecule has 8 heteroatoms. The normalized spacial score (nSPS) is 17.9. The van der Waals surface area contributed by atoms with Crippen molar-refractivity contribution in [2.75, 3.05) is 30.3 Å². The highest BCUT2D eigenvalue weighted by molar-refractivity contribution is 5.81. The van der Waals surface area contributed by atoms with Crippen molar-refractivity contribution in [3.05, 3.63) is 36.2 Å². The monoisotopic (exact) mass is 299 g/mol. The topological polar surface area (TPSA) is 109 Å². The SMILES string of the molecule is Nc1nc(N(c2ccccn2)C2CNCCN2)ncc1C=O. The number of aromatic nitrogens is 3. The van der Waals surface area contributed by atoms with Crippen LogP contribution < -0.4 is 21.3 Å². The number of carbonyl (C=O) groups excluding carboxylic acids is 1. The molecule has 4 N–H and O–H groups in total. The van der Waals surface area contributed by atoms with E-state index in [0.717, 1.165) is 19.6 Å². The Balaban J connectivity index is 2.01. The fourth-order valence-corrected chi connectivity index (χ4v) is 2.32. The van der Waals surface area contributed by atoms with Gasteiger partial charge in [-0.25, -0.2) is 9.97 Å². The van der Waals surface area contributed by atoms with Crippen molar-refractivity contribution in [2.45, 2.75) is 6.17 Å². The minimum absolute atomic E-state index is 0.0508. The number of anilines is 3. The predicted molar refractivity (Wildman–Crippen MR) is 82.9 cm³/mol. The van der Waals surface area contributed by atoms with E-state index in [9.17, 15) is 4.79 Å². The standard InChI is InChI=1S/C14H17N7O/c15-13-10(9-22)7-19-14(20-13)21(11-3-1-2-4-17-11)12-8-16-5-6-18-12/h1-4,7,9,12,16,18H,5-6,8H2,(H2,15,19,20). The Bertz CT molecular complexity index is 643. The van der Waals surface area contributed by atoms with Crippen molar-refractivity contribution in [1.82, 2.24) is 25.6 Å². The molecule has 0 bridgehead atoms. The van der Waals surface area contributed by atoms with E-state index in [2.05, 4.69) is 25.6 Å². The highest BCUT2D eigenvalue weighted by atomic mass is 16.1. The van der Waals surface area contributed by atoms with Gasteiger partial charge in [-0.1, -0.05) is 6.07 Å². The maximum atomic E-state index is 10.9. The molecule has 2 aromatic heterocycles. The van der Waals surface area contributed by atoms with Crippen LogP contribution in [0.25, 0.3) is 0 Å². The summed E-state index contributed by atoms with van der Waals surface area (Å²) in [4.78, 5) is 25.6. The van der Waals surface area contributed by atoms with Gasteiger partial charge in [0.2, 0.25) is 5.95 Å². The van der Waals surface area contributed by atoms with Crippen LogP contribution in [-0.2, 0) is 0 Å². The largest absolute Gasteiger partial charge is 0.383 e. The molecule has 0 amide bonds. The number of piperazine rings is 1. The molecule has 8 nitrogen and oxygen atoms in total. The van der Waals surface area contributed by atoms with Gasteiger partial charge >= 0.3 is 0 Å². The second kappa shape index (κ2) is 6.46. The summed E-state index contributed by atoms with van der Waals surface area (Å²) in [6.45, 7) is 2.45. The summed E-state index contributed by atoms with van der Waals surface area (Å²) in [7, 11) is 0. The lowest BCUT2D eigenvalue weighted by atomic mass is 10.3. The zero-order valence-corrected chi connectivity index (χ0v) is 11.9. The van der Waals surface area contributed by atoms with Crippen molar-refractivity contribution >= 4 is 23.9 Å². The van der Waals surface area contributed by atoms with E-state index in [1.807, 2.05) is 23.1 Å². The van der Waals surface area contributed by atoms with Gasteiger partial charge < -0.3 is 11.1 Å². The van der Waals surface area contributed by atoms with Gasteiger partial charge in [0.15, 0.2) is 6.29 Å². The van der Waals surface area contributed by atoms with Crippen LogP contribution in [0.4, 0.5) is 17.6 Å². The number of carbonyl (C=O) groups is 1. The summed E-state index contributed by atoms with van der Waals surface area (Å²) < 4.78 is 0. The second-order valence-electron chi connectivity index (χ2n) is 4.86. The average molecular weight is 299 g/mol. The van der Waals surface area contributed by atoms with Crippen LogP contribution in [0, 0.1) is 0 Å². The summed E-state index contributed by atoms with van der Waals surface area (Å²) in [5, 5.41) is 6.71. The van der Waals surface area contributed by atoms with Gasteiger partial charge in [-0.05, 0) is 12.1 Å². The van der Waals surface area contributed by atoms with Gasteiger partial charge in [-0.2, -0.15) is 4.98 Å². The van der Waals surface area contributed by atoms with Gasteiger partial charge in [0.05, 0.1) is 5.56 Å². The smallest absolute Gasteiger partial charge is 0.234 e. The fraction of sp³-hybridized carbons (Fsp3) is 0.286. The molecule has 3 heterocycles. The third-order valence-corrected chi connectivity index (χ3v) is 3.40. The summed E-state index contributed by atoms with van der Waals surface area (Å²) in [6.07, 6.45) is 3.73. The molecule has 1 saturated heterocycles.